The van der Waals surface area contributed by atoms with E-state index in [1.54, 1.807) is 18.2 Å². The Kier molecular flexibility index (Phi) is 7.07. The number of fused-ring (bicyclic) bond motifs is 1. The van der Waals surface area contributed by atoms with Crippen molar-refractivity contribution in [1.82, 2.24) is 20.6 Å². The van der Waals surface area contributed by atoms with Gasteiger partial charge >= 0.3 is 0 Å². The van der Waals surface area contributed by atoms with Crippen molar-refractivity contribution in [3.63, 3.8) is 0 Å². The lowest BCUT2D eigenvalue weighted by Gasteiger charge is -2.17. The summed E-state index contributed by atoms with van der Waals surface area (Å²) in [7, 11) is 3.02. The minimum absolute atomic E-state index is 0.182. The monoisotopic (exact) mass is 458 g/mol. The number of aromatic nitrogens is 2. The van der Waals surface area contributed by atoms with Crippen LogP contribution in [-0.2, 0) is 11.2 Å². The van der Waals surface area contributed by atoms with Crippen LogP contribution in [0.2, 0.25) is 0 Å². The number of para-hydroxylation sites is 2. The molecule has 3 N–H and O–H groups in total. The van der Waals surface area contributed by atoms with Gasteiger partial charge in [0.05, 0.1) is 37.8 Å². The number of H-pyrrole nitrogens is 1. The molecule has 1 atom stereocenters. The molecule has 0 radical (unpaired) electrons. The maximum atomic E-state index is 12.8. The highest BCUT2D eigenvalue weighted by atomic mass is 16.5. The number of rotatable bonds is 9. The van der Waals surface area contributed by atoms with Crippen molar-refractivity contribution in [1.29, 1.82) is 0 Å². The van der Waals surface area contributed by atoms with Crippen molar-refractivity contribution in [3.8, 4) is 11.5 Å². The minimum atomic E-state index is -0.389. The molecule has 8 heteroatoms. The average Bonchev–Trinajstić information content (AvgIpc) is 3.31. The average molecular weight is 459 g/mol. The van der Waals surface area contributed by atoms with Crippen molar-refractivity contribution >= 4 is 22.8 Å². The molecule has 0 fully saturated rings. The zero-order chi connectivity index (χ0) is 23.9. The molecule has 1 aromatic heterocycles. The first-order valence-electron chi connectivity index (χ1n) is 10.9. The van der Waals surface area contributed by atoms with Crippen LogP contribution < -0.4 is 20.1 Å². The number of amides is 2. The van der Waals surface area contributed by atoms with Gasteiger partial charge in [0.2, 0.25) is 5.91 Å². The van der Waals surface area contributed by atoms with Gasteiger partial charge in [-0.15, -0.1) is 0 Å². The second kappa shape index (κ2) is 10.5. The van der Waals surface area contributed by atoms with Crippen molar-refractivity contribution in [2.45, 2.75) is 12.5 Å². The SMILES string of the molecule is COc1ccc(C(=O)NCC(=O)N[C@@H](Cc2ccccc2)c2nc3ccccc3[nH]2)cc1OC. The Balaban J connectivity index is 1.45. The van der Waals surface area contributed by atoms with Gasteiger partial charge in [0.25, 0.3) is 5.91 Å². The van der Waals surface area contributed by atoms with Crippen molar-refractivity contribution in [2.75, 3.05) is 20.8 Å². The first kappa shape index (κ1) is 22.8. The van der Waals surface area contributed by atoms with Crippen LogP contribution in [0.5, 0.6) is 11.5 Å². The fourth-order valence-electron chi connectivity index (χ4n) is 3.69. The van der Waals surface area contributed by atoms with E-state index in [-0.39, 0.29) is 24.4 Å². The number of nitrogens with one attached hydrogen (secondary N) is 3. The molecule has 34 heavy (non-hydrogen) atoms. The van der Waals surface area contributed by atoms with Crippen LogP contribution in [0.4, 0.5) is 0 Å². The summed E-state index contributed by atoms with van der Waals surface area (Å²) >= 11 is 0. The zero-order valence-electron chi connectivity index (χ0n) is 19.0. The number of carbonyl (C=O) groups is 2. The molecule has 4 rings (SSSR count). The summed E-state index contributed by atoms with van der Waals surface area (Å²) in [6, 6.07) is 22.0. The number of hydrogen-bond donors (Lipinski definition) is 3. The van der Waals surface area contributed by atoms with Crippen LogP contribution in [0.3, 0.4) is 0 Å². The highest BCUT2D eigenvalue weighted by molar-refractivity contribution is 5.97. The number of benzene rings is 3. The fraction of sp³-hybridized carbons (Fsp3) is 0.192. The fourth-order valence-corrected chi connectivity index (χ4v) is 3.69. The molecular weight excluding hydrogens is 432 g/mol. The van der Waals surface area contributed by atoms with E-state index in [0.717, 1.165) is 16.6 Å². The van der Waals surface area contributed by atoms with E-state index in [9.17, 15) is 9.59 Å². The van der Waals surface area contributed by atoms with Crippen LogP contribution >= 0.6 is 0 Å². The highest BCUT2D eigenvalue weighted by Crippen LogP contribution is 2.27. The number of aromatic amines is 1. The van der Waals surface area contributed by atoms with Crippen LogP contribution in [0.15, 0.2) is 72.8 Å². The summed E-state index contributed by atoms with van der Waals surface area (Å²) < 4.78 is 10.4. The van der Waals surface area contributed by atoms with E-state index in [4.69, 9.17) is 9.47 Å². The predicted octanol–water partition coefficient (Wildman–Crippen LogP) is 3.41. The molecule has 0 aliphatic carbocycles. The number of carbonyl (C=O) groups excluding carboxylic acids is 2. The van der Waals surface area contributed by atoms with Crippen molar-refractivity contribution in [3.05, 3.63) is 89.7 Å². The molecule has 2 amide bonds. The standard InChI is InChI=1S/C26H26N4O4/c1-33-22-13-12-18(15-23(22)34-2)26(32)27-16-24(31)28-21(14-17-8-4-3-5-9-17)25-29-19-10-6-7-11-20(19)30-25/h3-13,15,21H,14,16H2,1-2H3,(H,27,32)(H,28,31)(H,29,30)/t21-/m0/s1. The molecule has 0 aliphatic heterocycles. The van der Waals surface area contributed by atoms with Crippen LogP contribution in [0.25, 0.3) is 11.0 Å². The predicted molar refractivity (Wildman–Crippen MR) is 129 cm³/mol. The summed E-state index contributed by atoms with van der Waals surface area (Å²) in [6.07, 6.45) is 0.552. The summed E-state index contributed by atoms with van der Waals surface area (Å²) in [6.45, 7) is -0.182. The third kappa shape index (κ3) is 5.35. The first-order valence-corrected chi connectivity index (χ1v) is 10.9. The van der Waals surface area contributed by atoms with E-state index in [0.29, 0.717) is 29.3 Å². The Morgan fingerprint density at radius 2 is 1.68 bits per heavy atom. The van der Waals surface area contributed by atoms with Crippen LogP contribution in [-0.4, -0.2) is 42.5 Å². The molecule has 0 saturated carbocycles. The normalized spacial score (nSPS) is 11.6. The third-order valence-electron chi connectivity index (χ3n) is 5.41. The second-order valence-corrected chi connectivity index (χ2v) is 7.70. The summed E-state index contributed by atoms with van der Waals surface area (Å²) in [5, 5.41) is 5.66. The maximum Gasteiger partial charge on any atom is 0.251 e. The Hall–Kier alpha value is -4.33. The Bertz CT molecular complexity index is 1250. The molecule has 0 bridgehead atoms. The van der Waals surface area contributed by atoms with Gasteiger partial charge < -0.3 is 25.1 Å². The quantitative estimate of drug-likeness (QED) is 0.357. The van der Waals surface area contributed by atoms with Gasteiger partial charge in [-0.1, -0.05) is 42.5 Å². The Labute approximate surface area is 197 Å². The number of imidazole rings is 1. The van der Waals surface area contributed by atoms with Gasteiger partial charge in [-0.3, -0.25) is 9.59 Å². The molecular formula is C26H26N4O4. The van der Waals surface area contributed by atoms with Gasteiger partial charge in [0.1, 0.15) is 5.82 Å². The summed E-state index contributed by atoms with van der Waals surface area (Å²) in [5.74, 6) is 0.901. The Morgan fingerprint density at radius 3 is 2.41 bits per heavy atom. The Morgan fingerprint density at radius 1 is 0.941 bits per heavy atom. The van der Waals surface area contributed by atoms with Gasteiger partial charge in [0.15, 0.2) is 11.5 Å². The molecule has 8 nitrogen and oxygen atoms in total. The van der Waals surface area contributed by atoms with Crippen molar-refractivity contribution in [2.24, 2.45) is 0 Å². The topological polar surface area (TPSA) is 105 Å². The molecule has 0 spiro atoms. The van der Waals surface area contributed by atoms with Crippen LogP contribution in [0.1, 0.15) is 27.8 Å². The summed E-state index contributed by atoms with van der Waals surface area (Å²) in [4.78, 5) is 33.3. The molecule has 174 valence electrons. The molecule has 0 unspecified atom stereocenters. The number of ether oxygens (including phenoxy) is 2. The van der Waals surface area contributed by atoms with E-state index in [1.165, 1.54) is 14.2 Å². The molecule has 0 aliphatic rings. The zero-order valence-corrected chi connectivity index (χ0v) is 19.0. The lowest BCUT2D eigenvalue weighted by atomic mass is 10.1. The maximum absolute atomic E-state index is 12.8. The van der Waals surface area contributed by atoms with Gasteiger partial charge in [-0.25, -0.2) is 4.98 Å². The smallest absolute Gasteiger partial charge is 0.251 e. The van der Waals surface area contributed by atoms with E-state index in [1.807, 2.05) is 54.6 Å². The summed E-state index contributed by atoms with van der Waals surface area (Å²) in [5.41, 5.74) is 3.14. The largest absolute Gasteiger partial charge is 0.493 e. The number of methoxy groups -OCH3 is 2. The number of nitrogens with zero attached hydrogens (tertiary/aromatic N) is 1. The van der Waals surface area contributed by atoms with Gasteiger partial charge in [0, 0.05) is 5.56 Å². The van der Waals surface area contributed by atoms with Crippen molar-refractivity contribution < 1.29 is 19.1 Å². The minimum Gasteiger partial charge on any atom is -0.493 e. The molecule has 3 aromatic carbocycles. The lowest BCUT2D eigenvalue weighted by molar-refractivity contribution is -0.120. The van der Waals surface area contributed by atoms with Gasteiger partial charge in [-0.05, 0) is 42.3 Å². The lowest BCUT2D eigenvalue weighted by Crippen LogP contribution is -2.39. The molecule has 0 saturated heterocycles. The molecule has 4 aromatic rings. The van der Waals surface area contributed by atoms with Gasteiger partial charge in [-0.2, -0.15) is 0 Å². The second-order valence-electron chi connectivity index (χ2n) is 7.70. The highest BCUT2D eigenvalue weighted by Gasteiger charge is 2.20. The third-order valence-corrected chi connectivity index (χ3v) is 5.41. The van der Waals surface area contributed by atoms with E-state index in [2.05, 4.69) is 20.6 Å². The molecule has 1 heterocycles. The first-order chi connectivity index (χ1) is 16.6. The van der Waals surface area contributed by atoms with E-state index < -0.39 is 0 Å². The number of hydrogen-bond acceptors (Lipinski definition) is 5. The van der Waals surface area contributed by atoms with E-state index >= 15 is 0 Å². The van der Waals surface area contributed by atoms with Crippen LogP contribution in [0, 0.1) is 0 Å².